The van der Waals surface area contributed by atoms with Crippen LogP contribution in [0, 0.1) is 5.92 Å². The molecule has 0 saturated heterocycles. The number of carbonyl (C=O) groups excluding carboxylic acids is 1. The molecular weight excluding hydrogens is 410 g/mol. The normalized spacial score (nSPS) is 12.1. The van der Waals surface area contributed by atoms with Crippen LogP contribution in [0.2, 0.25) is 0 Å². The minimum atomic E-state index is -0.372. The van der Waals surface area contributed by atoms with E-state index in [1.165, 1.54) is 44.9 Å². The molecule has 0 N–H and O–H groups in total. The Morgan fingerprint density at radius 3 is 2.09 bits per heavy atom. The van der Waals surface area contributed by atoms with Crippen LogP contribution in [-0.4, -0.2) is 25.3 Å². The molecule has 0 aliphatic rings. The van der Waals surface area contributed by atoms with Gasteiger partial charge in [0.05, 0.1) is 12.2 Å². The van der Waals surface area contributed by atoms with Gasteiger partial charge < -0.3 is 9.47 Å². The monoisotopic (exact) mass is 451 g/mol. The SMILES string of the molecule is CCCCCCCCCCOc1ccc(C(=O)Oc2ccc(C=NC[C@@H](C)CC)cc2)cc1. The lowest BCUT2D eigenvalue weighted by atomic mass is 10.1. The van der Waals surface area contributed by atoms with Crippen molar-refractivity contribution in [3.05, 3.63) is 59.7 Å². The molecule has 2 aromatic carbocycles. The Bertz CT molecular complexity index is 812. The van der Waals surface area contributed by atoms with E-state index in [1.54, 1.807) is 24.3 Å². The highest BCUT2D eigenvalue weighted by molar-refractivity contribution is 5.91. The van der Waals surface area contributed by atoms with E-state index in [2.05, 4.69) is 25.8 Å². The molecule has 0 heterocycles. The average molecular weight is 452 g/mol. The van der Waals surface area contributed by atoms with Gasteiger partial charge in [0.2, 0.25) is 0 Å². The number of carbonyl (C=O) groups is 1. The van der Waals surface area contributed by atoms with E-state index in [0.717, 1.165) is 30.7 Å². The van der Waals surface area contributed by atoms with E-state index in [4.69, 9.17) is 9.47 Å². The van der Waals surface area contributed by atoms with Gasteiger partial charge in [0.25, 0.3) is 0 Å². The van der Waals surface area contributed by atoms with Crippen LogP contribution in [0.15, 0.2) is 53.5 Å². The van der Waals surface area contributed by atoms with Gasteiger partial charge in [-0.05, 0) is 66.4 Å². The molecule has 0 aromatic heterocycles. The van der Waals surface area contributed by atoms with E-state index in [9.17, 15) is 4.79 Å². The molecular formula is C29H41NO3. The second-order valence-electron chi connectivity index (χ2n) is 8.81. The molecule has 4 nitrogen and oxygen atoms in total. The molecule has 0 spiro atoms. The van der Waals surface area contributed by atoms with Crippen molar-refractivity contribution in [2.45, 2.75) is 78.6 Å². The van der Waals surface area contributed by atoms with Crippen LogP contribution >= 0.6 is 0 Å². The highest BCUT2D eigenvalue weighted by atomic mass is 16.5. The number of hydrogen-bond acceptors (Lipinski definition) is 4. The van der Waals surface area contributed by atoms with E-state index in [0.29, 0.717) is 23.8 Å². The smallest absolute Gasteiger partial charge is 0.343 e. The number of benzene rings is 2. The standard InChI is InChI=1S/C29H41NO3/c1-4-6-7-8-9-10-11-12-21-32-27-19-15-26(16-20-27)29(31)33-28-17-13-25(14-18-28)23-30-22-24(3)5-2/h13-20,23-24H,4-12,21-22H2,1-3H3/t24-/m0/s1. The van der Waals surface area contributed by atoms with E-state index >= 15 is 0 Å². The van der Waals surface area contributed by atoms with E-state index < -0.39 is 0 Å². The molecule has 0 bridgehead atoms. The zero-order valence-electron chi connectivity index (χ0n) is 20.7. The molecule has 2 aromatic rings. The van der Waals surface area contributed by atoms with Gasteiger partial charge in [-0.25, -0.2) is 4.79 Å². The molecule has 33 heavy (non-hydrogen) atoms. The zero-order chi connectivity index (χ0) is 23.7. The summed E-state index contributed by atoms with van der Waals surface area (Å²) in [5.74, 6) is 1.52. The minimum absolute atomic E-state index is 0.372. The number of hydrogen-bond donors (Lipinski definition) is 0. The van der Waals surface area contributed by atoms with Gasteiger partial charge in [0.15, 0.2) is 0 Å². The predicted molar refractivity (Wildman–Crippen MR) is 138 cm³/mol. The Labute approximate surface area is 200 Å². The van der Waals surface area contributed by atoms with Crippen LogP contribution in [0.1, 0.15) is 94.5 Å². The van der Waals surface area contributed by atoms with Gasteiger partial charge in [0, 0.05) is 12.8 Å². The Balaban J connectivity index is 1.69. The van der Waals surface area contributed by atoms with Gasteiger partial charge in [-0.1, -0.05) is 72.1 Å². The third-order valence-electron chi connectivity index (χ3n) is 5.80. The molecule has 4 heteroatoms. The van der Waals surface area contributed by atoms with Crippen LogP contribution in [0.4, 0.5) is 0 Å². The maximum absolute atomic E-state index is 12.4. The fourth-order valence-electron chi connectivity index (χ4n) is 3.37. The number of aliphatic imine (C=N–C) groups is 1. The third kappa shape index (κ3) is 11.2. The van der Waals surface area contributed by atoms with Crippen molar-refractivity contribution in [2.24, 2.45) is 10.9 Å². The number of unbranched alkanes of at least 4 members (excludes halogenated alkanes) is 7. The van der Waals surface area contributed by atoms with Crippen LogP contribution in [0.3, 0.4) is 0 Å². The first-order chi connectivity index (χ1) is 16.1. The Hall–Kier alpha value is -2.62. The molecule has 0 saturated carbocycles. The summed E-state index contributed by atoms with van der Waals surface area (Å²) >= 11 is 0. The van der Waals surface area contributed by atoms with Crippen molar-refractivity contribution in [3.63, 3.8) is 0 Å². The largest absolute Gasteiger partial charge is 0.494 e. The van der Waals surface area contributed by atoms with E-state index in [-0.39, 0.29) is 5.97 Å². The number of rotatable bonds is 16. The van der Waals surface area contributed by atoms with Crippen LogP contribution in [-0.2, 0) is 0 Å². The molecule has 1 atom stereocenters. The Morgan fingerprint density at radius 2 is 1.45 bits per heavy atom. The van der Waals surface area contributed by atoms with Gasteiger partial charge >= 0.3 is 5.97 Å². The second kappa shape index (κ2) is 16.1. The van der Waals surface area contributed by atoms with Gasteiger partial charge in [-0.3, -0.25) is 4.99 Å². The molecule has 0 radical (unpaired) electrons. The second-order valence-corrected chi connectivity index (χ2v) is 8.81. The zero-order valence-corrected chi connectivity index (χ0v) is 20.7. The number of nitrogens with zero attached hydrogens (tertiary/aromatic N) is 1. The summed E-state index contributed by atoms with van der Waals surface area (Å²) in [6.45, 7) is 8.15. The summed E-state index contributed by atoms with van der Waals surface area (Å²) in [6.07, 6.45) is 13.2. The van der Waals surface area contributed by atoms with Crippen molar-refractivity contribution >= 4 is 12.2 Å². The van der Waals surface area contributed by atoms with Gasteiger partial charge in [-0.2, -0.15) is 0 Å². The average Bonchev–Trinajstić information content (AvgIpc) is 2.84. The molecule has 180 valence electrons. The van der Waals surface area contributed by atoms with Crippen molar-refractivity contribution in [2.75, 3.05) is 13.2 Å². The fourth-order valence-corrected chi connectivity index (χ4v) is 3.37. The molecule has 0 fully saturated rings. The lowest BCUT2D eigenvalue weighted by Gasteiger charge is -2.08. The summed E-state index contributed by atoms with van der Waals surface area (Å²) in [5.41, 5.74) is 1.50. The molecule has 0 amide bonds. The van der Waals surface area contributed by atoms with Crippen molar-refractivity contribution in [1.29, 1.82) is 0 Å². The van der Waals surface area contributed by atoms with Crippen molar-refractivity contribution in [1.82, 2.24) is 0 Å². The summed E-state index contributed by atoms with van der Waals surface area (Å²) in [6, 6.07) is 14.6. The van der Waals surface area contributed by atoms with E-state index in [1.807, 2.05) is 30.5 Å². The topological polar surface area (TPSA) is 47.9 Å². The summed E-state index contributed by atoms with van der Waals surface area (Å²) < 4.78 is 11.3. The van der Waals surface area contributed by atoms with Crippen molar-refractivity contribution < 1.29 is 14.3 Å². The highest BCUT2D eigenvalue weighted by Gasteiger charge is 2.09. The molecule has 0 aliphatic carbocycles. The van der Waals surface area contributed by atoms with Crippen LogP contribution in [0.5, 0.6) is 11.5 Å². The first-order valence-electron chi connectivity index (χ1n) is 12.7. The molecule has 2 rings (SSSR count). The van der Waals surface area contributed by atoms with Crippen LogP contribution < -0.4 is 9.47 Å². The van der Waals surface area contributed by atoms with Gasteiger partial charge in [0.1, 0.15) is 11.5 Å². The summed E-state index contributed by atoms with van der Waals surface area (Å²) in [4.78, 5) is 16.9. The van der Waals surface area contributed by atoms with Crippen LogP contribution in [0.25, 0.3) is 0 Å². The summed E-state index contributed by atoms with van der Waals surface area (Å²) in [7, 11) is 0. The first kappa shape index (κ1) is 26.6. The number of esters is 1. The lowest BCUT2D eigenvalue weighted by molar-refractivity contribution is 0.0734. The Morgan fingerprint density at radius 1 is 0.848 bits per heavy atom. The van der Waals surface area contributed by atoms with Gasteiger partial charge in [-0.15, -0.1) is 0 Å². The highest BCUT2D eigenvalue weighted by Crippen LogP contribution is 2.17. The maximum atomic E-state index is 12.4. The number of ether oxygens (including phenoxy) is 2. The third-order valence-corrected chi connectivity index (χ3v) is 5.80. The fraction of sp³-hybridized carbons (Fsp3) is 0.517. The maximum Gasteiger partial charge on any atom is 0.343 e. The minimum Gasteiger partial charge on any atom is -0.494 e. The quantitative estimate of drug-likeness (QED) is 0.113. The Kier molecular flexibility index (Phi) is 13.0. The molecule has 0 aliphatic heterocycles. The lowest BCUT2D eigenvalue weighted by Crippen LogP contribution is -2.08. The summed E-state index contributed by atoms with van der Waals surface area (Å²) in [5, 5.41) is 0. The predicted octanol–water partition coefficient (Wildman–Crippen LogP) is 7.89. The molecule has 0 unspecified atom stereocenters. The van der Waals surface area contributed by atoms with Crippen molar-refractivity contribution in [3.8, 4) is 11.5 Å². The first-order valence-corrected chi connectivity index (χ1v) is 12.7.